The van der Waals surface area contributed by atoms with E-state index in [1.54, 1.807) is 12.3 Å². The van der Waals surface area contributed by atoms with Crippen molar-refractivity contribution in [1.82, 2.24) is 15.2 Å². The van der Waals surface area contributed by atoms with Crippen molar-refractivity contribution in [2.45, 2.75) is 25.3 Å². The number of aromatic nitrogens is 1. The Bertz CT molecular complexity index is 863. The molecule has 4 rings (SSSR count). The first-order valence-corrected chi connectivity index (χ1v) is 9.19. The maximum Gasteiger partial charge on any atom is 0.257 e. The fraction of sp³-hybridized carbons (Fsp3) is 0.333. The van der Waals surface area contributed by atoms with Gasteiger partial charge in [0, 0.05) is 30.7 Å². The van der Waals surface area contributed by atoms with E-state index in [9.17, 15) is 4.79 Å². The summed E-state index contributed by atoms with van der Waals surface area (Å²) in [4.78, 5) is 18.8. The van der Waals surface area contributed by atoms with E-state index >= 15 is 0 Å². The van der Waals surface area contributed by atoms with Gasteiger partial charge in [-0.15, -0.1) is 0 Å². The third-order valence-corrected chi connectivity index (χ3v) is 5.09. The van der Waals surface area contributed by atoms with Gasteiger partial charge < -0.3 is 14.6 Å². The van der Waals surface area contributed by atoms with E-state index in [0.717, 1.165) is 44.4 Å². The summed E-state index contributed by atoms with van der Waals surface area (Å²) in [5, 5.41) is 4.84. The molecule has 1 aliphatic heterocycles. The van der Waals surface area contributed by atoms with Crippen LogP contribution in [0.2, 0.25) is 0 Å². The van der Waals surface area contributed by atoms with Crippen LogP contribution in [0.1, 0.15) is 28.8 Å². The van der Waals surface area contributed by atoms with Crippen LogP contribution in [0.15, 0.2) is 59.5 Å². The average Bonchev–Trinajstić information content (AvgIpc) is 3.23. The zero-order chi connectivity index (χ0) is 17.8. The number of carbonyl (C=O) groups excluding carboxylic acids is 1. The lowest BCUT2D eigenvalue weighted by Crippen LogP contribution is -2.45. The minimum Gasteiger partial charge on any atom is -0.472 e. The number of benzene rings is 1. The Morgan fingerprint density at radius 2 is 2.04 bits per heavy atom. The summed E-state index contributed by atoms with van der Waals surface area (Å²) in [5.74, 6) is 0.0685. The average molecular weight is 349 g/mol. The summed E-state index contributed by atoms with van der Waals surface area (Å²) in [6, 6.07) is 12.6. The van der Waals surface area contributed by atoms with E-state index in [0.29, 0.717) is 11.6 Å². The highest BCUT2D eigenvalue weighted by molar-refractivity contribution is 5.93. The van der Waals surface area contributed by atoms with Gasteiger partial charge >= 0.3 is 0 Å². The number of fused-ring (bicyclic) bond motifs is 1. The smallest absolute Gasteiger partial charge is 0.257 e. The molecule has 0 unspecified atom stereocenters. The number of carbonyl (C=O) groups is 1. The van der Waals surface area contributed by atoms with Gasteiger partial charge in [0.25, 0.3) is 5.91 Å². The number of nitrogens with zero attached hydrogens (tertiary/aromatic N) is 2. The molecule has 26 heavy (non-hydrogen) atoms. The third-order valence-electron chi connectivity index (χ3n) is 5.09. The van der Waals surface area contributed by atoms with E-state index in [1.807, 2.05) is 17.2 Å². The quantitative estimate of drug-likeness (QED) is 0.768. The molecule has 0 bridgehead atoms. The molecule has 0 radical (unpaired) electrons. The molecule has 5 heteroatoms. The highest BCUT2D eigenvalue weighted by Gasteiger charge is 2.23. The normalized spacial score (nSPS) is 15.5. The van der Waals surface area contributed by atoms with Crippen LogP contribution in [0, 0.1) is 0 Å². The predicted molar refractivity (Wildman–Crippen MR) is 101 cm³/mol. The van der Waals surface area contributed by atoms with Crippen molar-refractivity contribution in [3.05, 3.63) is 66.2 Å². The SMILES string of the molecule is O=C(c1ccoc1)N1CCC(NCCc2cccc3cccnc23)CC1. The van der Waals surface area contributed by atoms with Crippen molar-refractivity contribution in [3.8, 4) is 0 Å². The first kappa shape index (κ1) is 16.8. The van der Waals surface area contributed by atoms with Crippen molar-refractivity contribution in [2.75, 3.05) is 19.6 Å². The monoisotopic (exact) mass is 349 g/mol. The second-order valence-corrected chi connectivity index (χ2v) is 6.77. The van der Waals surface area contributed by atoms with Crippen LogP contribution in [0.5, 0.6) is 0 Å². The van der Waals surface area contributed by atoms with Crippen LogP contribution < -0.4 is 5.32 Å². The van der Waals surface area contributed by atoms with E-state index in [2.05, 4.69) is 34.6 Å². The summed E-state index contributed by atoms with van der Waals surface area (Å²) in [6.07, 6.45) is 7.85. The third kappa shape index (κ3) is 3.63. The van der Waals surface area contributed by atoms with E-state index < -0.39 is 0 Å². The van der Waals surface area contributed by atoms with Gasteiger partial charge in [-0.05, 0) is 43.5 Å². The Kier molecular flexibility index (Phi) is 4.97. The molecule has 3 aromatic rings. The largest absolute Gasteiger partial charge is 0.472 e. The van der Waals surface area contributed by atoms with Gasteiger partial charge in [-0.2, -0.15) is 0 Å². The first-order chi connectivity index (χ1) is 12.8. The Morgan fingerprint density at radius 1 is 1.19 bits per heavy atom. The summed E-state index contributed by atoms with van der Waals surface area (Å²) in [6.45, 7) is 2.50. The van der Waals surface area contributed by atoms with Gasteiger partial charge in [0.05, 0.1) is 17.3 Å². The summed E-state index contributed by atoms with van der Waals surface area (Å²) >= 11 is 0. The molecule has 5 nitrogen and oxygen atoms in total. The summed E-state index contributed by atoms with van der Waals surface area (Å²) in [7, 11) is 0. The maximum absolute atomic E-state index is 12.3. The minimum atomic E-state index is 0.0685. The predicted octanol–water partition coefficient (Wildman–Crippen LogP) is 3.26. The molecule has 1 N–H and O–H groups in total. The first-order valence-electron chi connectivity index (χ1n) is 9.19. The van der Waals surface area contributed by atoms with Crippen molar-refractivity contribution in [2.24, 2.45) is 0 Å². The van der Waals surface area contributed by atoms with Gasteiger partial charge in [-0.3, -0.25) is 9.78 Å². The molecule has 1 aliphatic rings. The van der Waals surface area contributed by atoms with E-state index in [4.69, 9.17) is 4.42 Å². The second kappa shape index (κ2) is 7.70. The Balaban J connectivity index is 1.27. The molecular formula is C21H23N3O2. The fourth-order valence-electron chi connectivity index (χ4n) is 3.64. The summed E-state index contributed by atoms with van der Waals surface area (Å²) in [5.41, 5.74) is 3.01. The Labute approximate surface area is 153 Å². The topological polar surface area (TPSA) is 58.4 Å². The molecule has 1 amide bonds. The second-order valence-electron chi connectivity index (χ2n) is 6.77. The number of likely N-dealkylation sites (tertiary alicyclic amines) is 1. The van der Waals surface area contributed by atoms with Crippen molar-refractivity contribution in [1.29, 1.82) is 0 Å². The fourth-order valence-corrected chi connectivity index (χ4v) is 3.64. The van der Waals surface area contributed by atoms with E-state index in [-0.39, 0.29) is 5.91 Å². The Hall–Kier alpha value is -2.66. The lowest BCUT2D eigenvalue weighted by molar-refractivity contribution is 0.0705. The zero-order valence-electron chi connectivity index (χ0n) is 14.7. The van der Waals surface area contributed by atoms with Crippen molar-refractivity contribution in [3.63, 3.8) is 0 Å². The van der Waals surface area contributed by atoms with Crippen LogP contribution in [0.3, 0.4) is 0 Å². The zero-order valence-corrected chi connectivity index (χ0v) is 14.7. The molecule has 1 fully saturated rings. The minimum absolute atomic E-state index is 0.0685. The van der Waals surface area contributed by atoms with Gasteiger partial charge in [0.1, 0.15) is 6.26 Å². The number of nitrogens with one attached hydrogen (secondary N) is 1. The highest BCUT2D eigenvalue weighted by atomic mass is 16.3. The number of piperidine rings is 1. The number of amides is 1. The van der Waals surface area contributed by atoms with Crippen LogP contribution >= 0.6 is 0 Å². The summed E-state index contributed by atoms with van der Waals surface area (Å²) < 4.78 is 5.01. The van der Waals surface area contributed by atoms with E-state index in [1.165, 1.54) is 17.2 Å². The van der Waals surface area contributed by atoms with Crippen molar-refractivity contribution < 1.29 is 9.21 Å². The number of hydrogen-bond acceptors (Lipinski definition) is 4. The van der Waals surface area contributed by atoms with Crippen LogP contribution in [0.25, 0.3) is 10.9 Å². The highest BCUT2D eigenvalue weighted by Crippen LogP contribution is 2.17. The molecule has 1 aromatic carbocycles. The van der Waals surface area contributed by atoms with Gasteiger partial charge in [0.2, 0.25) is 0 Å². The van der Waals surface area contributed by atoms with Gasteiger partial charge in [0.15, 0.2) is 0 Å². The molecule has 134 valence electrons. The molecule has 2 aromatic heterocycles. The Morgan fingerprint density at radius 3 is 2.85 bits per heavy atom. The number of pyridine rings is 1. The maximum atomic E-state index is 12.3. The molecule has 1 saturated heterocycles. The molecule has 0 aliphatic carbocycles. The number of para-hydroxylation sites is 1. The van der Waals surface area contributed by atoms with Crippen LogP contribution in [-0.4, -0.2) is 41.5 Å². The number of furan rings is 1. The number of hydrogen-bond donors (Lipinski definition) is 1. The molecule has 0 spiro atoms. The standard InChI is InChI=1S/C21H23N3O2/c25-21(18-9-14-26-15-18)24-12-7-19(8-13-24)22-11-6-17-4-1-3-16-5-2-10-23-20(16)17/h1-5,9-10,14-15,19,22H,6-8,11-13H2. The van der Waals surface area contributed by atoms with Crippen molar-refractivity contribution >= 4 is 16.8 Å². The van der Waals surface area contributed by atoms with Crippen LogP contribution in [0.4, 0.5) is 0 Å². The van der Waals surface area contributed by atoms with Gasteiger partial charge in [-0.25, -0.2) is 0 Å². The molecule has 0 atom stereocenters. The lowest BCUT2D eigenvalue weighted by Gasteiger charge is -2.32. The molecular weight excluding hydrogens is 326 g/mol. The van der Waals surface area contributed by atoms with Crippen LogP contribution in [-0.2, 0) is 6.42 Å². The number of rotatable bonds is 5. The molecule has 3 heterocycles. The molecule has 0 saturated carbocycles. The lowest BCUT2D eigenvalue weighted by atomic mass is 10.0. The van der Waals surface area contributed by atoms with Gasteiger partial charge in [-0.1, -0.05) is 24.3 Å².